The Morgan fingerprint density at radius 2 is 2.15 bits per heavy atom. The van der Waals surface area contributed by atoms with Crippen molar-refractivity contribution in [3.05, 3.63) is 41.3 Å². The maximum absolute atomic E-state index is 5.98. The predicted molar refractivity (Wildman–Crippen MR) is 81.9 cm³/mol. The van der Waals surface area contributed by atoms with E-state index in [1.54, 1.807) is 0 Å². The highest BCUT2D eigenvalue weighted by Gasteiger charge is 2.06. The summed E-state index contributed by atoms with van der Waals surface area (Å²) in [7, 11) is 0. The van der Waals surface area contributed by atoms with Gasteiger partial charge in [0.2, 0.25) is 0 Å². The van der Waals surface area contributed by atoms with E-state index in [0.29, 0.717) is 11.0 Å². The number of nitrogens with one attached hydrogen (secondary N) is 1. The summed E-state index contributed by atoms with van der Waals surface area (Å²) in [5.41, 5.74) is 1.73. The van der Waals surface area contributed by atoms with Crippen LogP contribution in [-0.2, 0) is 0 Å². The van der Waals surface area contributed by atoms with Crippen molar-refractivity contribution in [3.63, 3.8) is 0 Å². The van der Waals surface area contributed by atoms with Crippen LogP contribution in [0, 0.1) is 6.92 Å². The molecule has 0 amide bonds. The van der Waals surface area contributed by atoms with Crippen molar-refractivity contribution < 1.29 is 4.74 Å². The van der Waals surface area contributed by atoms with E-state index >= 15 is 0 Å². The molecule has 4 nitrogen and oxygen atoms in total. The van der Waals surface area contributed by atoms with E-state index in [1.807, 2.05) is 31.2 Å². The fourth-order valence-electron chi connectivity index (χ4n) is 1.65. The molecule has 1 atom stereocenters. The van der Waals surface area contributed by atoms with Crippen LogP contribution < -0.4 is 10.1 Å². The number of halogens is 1. The summed E-state index contributed by atoms with van der Waals surface area (Å²) >= 11 is 5.98. The van der Waals surface area contributed by atoms with Crippen molar-refractivity contribution in [2.45, 2.75) is 33.3 Å². The summed E-state index contributed by atoms with van der Waals surface area (Å²) in [5, 5.41) is 3.68. The molecule has 0 bridgehead atoms. The number of ether oxygens (including phenoxy) is 1. The number of anilines is 2. The summed E-state index contributed by atoms with van der Waals surface area (Å²) in [6, 6.07) is 7.79. The lowest BCUT2D eigenvalue weighted by atomic mass is 10.2. The maximum Gasteiger partial charge on any atom is 0.138 e. The van der Waals surface area contributed by atoms with Crippen molar-refractivity contribution >= 4 is 23.1 Å². The average Bonchev–Trinajstić information content (AvgIpc) is 2.44. The first-order valence-corrected chi connectivity index (χ1v) is 6.98. The third-order valence-corrected chi connectivity index (χ3v) is 3.41. The molecule has 106 valence electrons. The standard InChI is InChI=1S/C15H18ClN3O/c1-4-10(2)20-13-7-5-6-12(8-13)19-15-11(3)14(16)17-9-18-15/h5-10H,4H2,1-3H3,(H,17,18,19). The zero-order chi connectivity index (χ0) is 14.5. The number of nitrogens with zero attached hydrogens (tertiary/aromatic N) is 2. The Labute approximate surface area is 124 Å². The largest absolute Gasteiger partial charge is 0.491 e. The third-order valence-electron chi connectivity index (χ3n) is 3.03. The molecule has 0 radical (unpaired) electrons. The molecule has 1 unspecified atom stereocenters. The van der Waals surface area contributed by atoms with Crippen molar-refractivity contribution in [2.75, 3.05) is 5.32 Å². The van der Waals surface area contributed by atoms with Crippen molar-refractivity contribution in [1.82, 2.24) is 9.97 Å². The van der Waals surface area contributed by atoms with Crippen molar-refractivity contribution in [3.8, 4) is 5.75 Å². The Kier molecular flexibility index (Phi) is 4.79. The predicted octanol–water partition coefficient (Wildman–Crippen LogP) is 4.36. The molecule has 0 spiro atoms. The first-order valence-electron chi connectivity index (χ1n) is 6.61. The smallest absolute Gasteiger partial charge is 0.138 e. The van der Waals surface area contributed by atoms with E-state index in [9.17, 15) is 0 Å². The number of rotatable bonds is 5. The minimum absolute atomic E-state index is 0.195. The highest BCUT2D eigenvalue weighted by Crippen LogP contribution is 2.25. The van der Waals surface area contributed by atoms with Crippen LogP contribution in [-0.4, -0.2) is 16.1 Å². The van der Waals surface area contributed by atoms with Gasteiger partial charge in [-0.15, -0.1) is 0 Å². The van der Waals surface area contributed by atoms with Gasteiger partial charge < -0.3 is 10.1 Å². The second-order valence-corrected chi connectivity index (χ2v) is 4.99. The van der Waals surface area contributed by atoms with E-state index < -0.39 is 0 Å². The minimum atomic E-state index is 0.195. The molecule has 0 aliphatic rings. The number of hydrogen-bond donors (Lipinski definition) is 1. The van der Waals surface area contributed by atoms with Crippen LogP contribution in [0.5, 0.6) is 5.75 Å². The van der Waals surface area contributed by atoms with Crippen LogP contribution in [0.2, 0.25) is 5.15 Å². The summed E-state index contributed by atoms with van der Waals surface area (Å²) < 4.78 is 5.80. The van der Waals surface area contributed by atoms with Gasteiger partial charge in [-0.05, 0) is 32.4 Å². The Morgan fingerprint density at radius 3 is 2.90 bits per heavy atom. The van der Waals surface area contributed by atoms with E-state index in [-0.39, 0.29) is 6.10 Å². The molecule has 0 saturated heterocycles. The van der Waals surface area contributed by atoms with Gasteiger partial charge >= 0.3 is 0 Å². The fourth-order valence-corrected chi connectivity index (χ4v) is 1.79. The van der Waals surface area contributed by atoms with Crippen molar-refractivity contribution in [1.29, 1.82) is 0 Å². The highest BCUT2D eigenvalue weighted by atomic mass is 35.5. The molecule has 2 aromatic rings. The molecule has 1 N–H and O–H groups in total. The molecule has 0 saturated carbocycles. The molecule has 1 heterocycles. The van der Waals surface area contributed by atoms with Gasteiger partial charge in [-0.2, -0.15) is 0 Å². The zero-order valence-corrected chi connectivity index (χ0v) is 12.6. The highest BCUT2D eigenvalue weighted by molar-refractivity contribution is 6.30. The molecular formula is C15H18ClN3O. The lowest BCUT2D eigenvalue weighted by molar-refractivity contribution is 0.217. The first-order chi connectivity index (χ1) is 9.60. The van der Waals surface area contributed by atoms with Crippen LogP contribution in [0.1, 0.15) is 25.8 Å². The molecule has 5 heteroatoms. The van der Waals surface area contributed by atoms with Gasteiger partial charge in [0, 0.05) is 17.3 Å². The van der Waals surface area contributed by atoms with Crippen LogP contribution in [0.3, 0.4) is 0 Å². The van der Waals surface area contributed by atoms with Crippen LogP contribution in [0.4, 0.5) is 11.5 Å². The molecule has 0 aliphatic heterocycles. The fraction of sp³-hybridized carbons (Fsp3) is 0.333. The lowest BCUT2D eigenvalue weighted by Gasteiger charge is -2.14. The van der Waals surface area contributed by atoms with E-state index in [4.69, 9.17) is 16.3 Å². The van der Waals surface area contributed by atoms with E-state index in [1.165, 1.54) is 6.33 Å². The quantitative estimate of drug-likeness (QED) is 0.832. The zero-order valence-electron chi connectivity index (χ0n) is 11.9. The van der Waals surface area contributed by atoms with Gasteiger partial charge in [0.15, 0.2) is 0 Å². The summed E-state index contributed by atoms with van der Waals surface area (Å²) in [4.78, 5) is 8.13. The van der Waals surface area contributed by atoms with Gasteiger partial charge in [0.05, 0.1) is 6.10 Å². The van der Waals surface area contributed by atoms with Gasteiger partial charge in [0.1, 0.15) is 23.0 Å². The normalized spacial score (nSPS) is 12.0. The second-order valence-electron chi connectivity index (χ2n) is 4.63. The average molecular weight is 292 g/mol. The van der Waals surface area contributed by atoms with Gasteiger partial charge in [-0.3, -0.25) is 0 Å². The SMILES string of the molecule is CCC(C)Oc1cccc(Nc2ncnc(Cl)c2C)c1. The maximum atomic E-state index is 5.98. The Hall–Kier alpha value is -1.81. The monoisotopic (exact) mass is 291 g/mol. The van der Waals surface area contributed by atoms with Gasteiger partial charge in [-0.1, -0.05) is 24.6 Å². The number of aromatic nitrogens is 2. The first kappa shape index (κ1) is 14.6. The second kappa shape index (κ2) is 6.57. The Balaban J connectivity index is 2.17. The van der Waals surface area contributed by atoms with Crippen molar-refractivity contribution in [2.24, 2.45) is 0 Å². The third kappa shape index (κ3) is 3.61. The molecular weight excluding hydrogens is 274 g/mol. The number of hydrogen-bond acceptors (Lipinski definition) is 4. The van der Waals surface area contributed by atoms with Gasteiger partial charge in [-0.25, -0.2) is 9.97 Å². The van der Waals surface area contributed by atoms with E-state index in [2.05, 4.69) is 29.1 Å². The molecule has 20 heavy (non-hydrogen) atoms. The van der Waals surface area contributed by atoms with Gasteiger partial charge in [0.25, 0.3) is 0 Å². The topological polar surface area (TPSA) is 47.0 Å². The molecule has 1 aromatic heterocycles. The van der Waals surface area contributed by atoms with E-state index in [0.717, 1.165) is 23.4 Å². The summed E-state index contributed by atoms with van der Waals surface area (Å²) in [5.74, 6) is 1.54. The number of benzene rings is 1. The van der Waals surface area contributed by atoms with Crippen LogP contribution >= 0.6 is 11.6 Å². The Morgan fingerprint density at radius 1 is 1.35 bits per heavy atom. The molecule has 0 fully saturated rings. The molecule has 2 rings (SSSR count). The Bertz CT molecular complexity index is 589. The molecule has 0 aliphatic carbocycles. The lowest BCUT2D eigenvalue weighted by Crippen LogP contribution is -2.09. The summed E-state index contributed by atoms with van der Waals surface area (Å²) in [6.45, 7) is 6.03. The summed E-state index contributed by atoms with van der Waals surface area (Å²) in [6.07, 6.45) is 2.61. The van der Waals surface area contributed by atoms with Crippen LogP contribution in [0.25, 0.3) is 0 Å². The minimum Gasteiger partial charge on any atom is -0.491 e. The molecule has 1 aromatic carbocycles. The van der Waals surface area contributed by atoms with Crippen LogP contribution in [0.15, 0.2) is 30.6 Å².